The molecule has 0 aliphatic carbocycles. The lowest BCUT2D eigenvalue weighted by Crippen LogP contribution is -2.38. The molecule has 1 fully saturated rings. The lowest BCUT2D eigenvalue weighted by Gasteiger charge is -2.26. The first-order valence-electron chi connectivity index (χ1n) is 11.4. The molecular weight excluding hydrogens is 480 g/mol. The number of allylic oxidation sites excluding steroid dienone is 2. The molecule has 0 unspecified atom stereocenters. The average molecular weight is 507 g/mol. The maximum Gasteiger partial charge on any atom is 0.257 e. The smallest absolute Gasteiger partial charge is 0.257 e. The lowest BCUT2D eigenvalue weighted by molar-refractivity contribution is 0.0276. The number of carbonyl (C=O) groups is 1. The predicted octanol–water partition coefficient (Wildman–Crippen LogP) is 3.60. The first kappa shape index (κ1) is 23.6. The van der Waals surface area contributed by atoms with Crippen LogP contribution in [-0.4, -0.2) is 60.2 Å². The molecule has 0 atom stereocenters. The van der Waals surface area contributed by atoms with Gasteiger partial charge in [-0.1, -0.05) is 30.1 Å². The summed E-state index contributed by atoms with van der Waals surface area (Å²) in [5, 5.41) is 5.19. The first-order chi connectivity index (χ1) is 17.1. The molecule has 180 valence electrons. The number of morpholine rings is 1. The first-order valence-corrected chi connectivity index (χ1v) is 13.1. The summed E-state index contributed by atoms with van der Waals surface area (Å²) in [6, 6.07) is 9.43. The van der Waals surface area contributed by atoms with Crippen molar-refractivity contribution in [2.24, 2.45) is 0 Å². The second kappa shape index (κ2) is 10.7. The molecule has 1 saturated heterocycles. The van der Waals surface area contributed by atoms with Crippen LogP contribution >= 0.6 is 22.7 Å². The molecule has 1 aliphatic heterocycles. The van der Waals surface area contributed by atoms with E-state index in [4.69, 9.17) is 9.47 Å². The minimum Gasteiger partial charge on any atom is -0.497 e. The fraction of sp³-hybridized carbons (Fsp3) is 0.269. The topological polar surface area (TPSA) is 76.6 Å². The molecule has 3 heterocycles. The normalized spacial score (nSPS) is 15.7. The fourth-order valence-corrected chi connectivity index (χ4v) is 5.55. The van der Waals surface area contributed by atoms with Crippen molar-refractivity contribution in [2.75, 3.05) is 44.8 Å². The van der Waals surface area contributed by atoms with Crippen molar-refractivity contribution in [3.05, 3.63) is 63.7 Å². The highest BCUT2D eigenvalue weighted by atomic mass is 32.1. The van der Waals surface area contributed by atoms with Crippen molar-refractivity contribution in [1.29, 1.82) is 0 Å². The van der Waals surface area contributed by atoms with E-state index in [-0.39, 0.29) is 5.91 Å². The Bertz CT molecular complexity index is 1500. The molecule has 0 bridgehead atoms. The van der Waals surface area contributed by atoms with Gasteiger partial charge in [-0.25, -0.2) is 9.97 Å². The Balaban J connectivity index is 1.27. The van der Waals surface area contributed by atoms with E-state index in [0.29, 0.717) is 17.3 Å². The third-order valence-corrected chi connectivity index (χ3v) is 7.61. The van der Waals surface area contributed by atoms with Crippen LogP contribution in [0.4, 0.5) is 5.13 Å². The van der Waals surface area contributed by atoms with Gasteiger partial charge in [-0.3, -0.25) is 15.0 Å². The number of amides is 1. The Morgan fingerprint density at radius 1 is 1.29 bits per heavy atom. The van der Waals surface area contributed by atoms with E-state index in [9.17, 15) is 4.79 Å². The van der Waals surface area contributed by atoms with Crippen LogP contribution in [0.3, 0.4) is 0 Å². The number of nitrogens with zero attached hydrogens (tertiary/aromatic N) is 3. The summed E-state index contributed by atoms with van der Waals surface area (Å²) < 4.78 is 13.3. The Kier molecular flexibility index (Phi) is 7.19. The lowest BCUT2D eigenvalue weighted by atomic mass is 10.1. The van der Waals surface area contributed by atoms with E-state index < -0.39 is 0 Å². The largest absolute Gasteiger partial charge is 0.497 e. The summed E-state index contributed by atoms with van der Waals surface area (Å²) in [4.78, 5) is 24.3. The van der Waals surface area contributed by atoms with Gasteiger partial charge in [0.25, 0.3) is 5.91 Å². The second-order valence-corrected chi connectivity index (χ2v) is 10.1. The van der Waals surface area contributed by atoms with Crippen LogP contribution in [0.2, 0.25) is 0 Å². The molecule has 1 aliphatic rings. The third-order valence-electron chi connectivity index (χ3n) is 5.82. The average Bonchev–Trinajstić information content (AvgIpc) is 3.50. The minimum absolute atomic E-state index is 0.212. The summed E-state index contributed by atoms with van der Waals surface area (Å²) in [5.74, 6) is 0.603. The number of hydrogen-bond acceptors (Lipinski definition) is 8. The maximum atomic E-state index is 13.0. The Labute approximate surface area is 211 Å². The van der Waals surface area contributed by atoms with Crippen molar-refractivity contribution in [3.8, 4) is 0 Å². The zero-order valence-electron chi connectivity index (χ0n) is 19.5. The highest BCUT2D eigenvalue weighted by molar-refractivity contribution is 7.24. The van der Waals surface area contributed by atoms with Crippen LogP contribution < -0.4 is 15.8 Å². The number of hydrogen-bond donors (Lipinski definition) is 1. The van der Waals surface area contributed by atoms with Crippen LogP contribution in [0.15, 0.2) is 47.7 Å². The molecule has 0 spiro atoms. The van der Waals surface area contributed by atoms with Gasteiger partial charge in [-0.05, 0) is 47.7 Å². The molecule has 2 aromatic carbocycles. The molecule has 1 N–H and O–H groups in total. The summed E-state index contributed by atoms with van der Waals surface area (Å²) in [6.45, 7) is 11.0. The number of ether oxygens (including phenoxy) is 2. The van der Waals surface area contributed by atoms with Crippen molar-refractivity contribution >= 4 is 66.8 Å². The number of thiazole rings is 2. The van der Waals surface area contributed by atoms with E-state index in [0.717, 1.165) is 69.5 Å². The minimum atomic E-state index is -0.212. The Morgan fingerprint density at radius 3 is 3.00 bits per heavy atom. The molecule has 7 nitrogen and oxygen atoms in total. The highest BCUT2D eigenvalue weighted by Gasteiger charge is 2.13. The van der Waals surface area contributed by atoms with Crippen LogP contribution in [0, 0.1) is 0 Å². The van der Waals surface area contributed by atoms with Gasteiger partial charge in [-0.2, -0.15) is 0 Å². The van der Waals surface area contributed by atoms with Gasteiger partial charge in [0.05, 0.1) is 39.4 Å². The zero-order chi connectivity index (χ0) is 24.2. The van der Waals surface area contributed by atoms with Crippen molar-refractivity contribution in [2.45, 2.75) is 6.92 Å². The molecular formula is C26H26N4O3S2. The molecule has 9 heteroatoms. The number of benzene rings is 2. The van der Waals surface area contributed by atoms with E-state index in [1.54, 1.807) is 17.4 Å². The van der Waals surface area contributed by atoms with Gasteiger partial charge in [-0.15, -0.1) is 11.3 Å². The van der Waals surface area contributed by atoms with Crippen LogP contribution in [-0.2, 0) is 9.47 Å². The molecule has 5 rings (SSSR count). The summed E-state index contributed by atoms with van der Waals surface area (Å²) >= 11 is 3.03. The van der Waals surface area contributed by atoms with Crippen LogP contribution in [0.5, 0.6) is 0 Å². The standard InChI is InChI=1S/C26H26N4O3S2/c1-17-3-5-20(15-19(17)6-4-18(2)33-14-11-30-9-12-32-13-10-30)25(31)29-26-28-21-7-8-22-23(24(21)35-26)27-16-34-22/h3-8,15-16H,1,9-14H2,2H3,(H,28,29,31). The van der Waals surface area contributed by atoms with Crippen molar-refractivity contribution in [1.82, 2.24) is 14.9 Å². The Morgan fingerprint density at radius 2 is 2.14 bits per heavy atom. The molecule has 4 aromatic rings. The highest BCUT2D eigenvalue weighted by Crippen LogP contribution is 2.33. The third kappa shape index (κ3) is 5.59. The monoisotopic (exact) mass is 506 g/mol. The quantitative estimate of drug-likeness (QED) is 0.386. The van der Waals surface area contributed by atoms with Crippen molar-refractivity contribution in [3.63, 3.8) is 0 Å². The summed E-state index contributed by atoms with van der Waals surface area (Å²) in [5.41, 5.74) is 4.13. The summed E-state index contributed by atoms with van der Waals surface area (Å²) in [6.07, 6.45) is 3.84. The number of carbonyl (C=O) groups excluding carboxylic acids is 1. The molecule has 0 saturated carbocycles. The van der Waals surface area contributed by atoms with Gasteiger partial charge in [0, 0.05) is 25.2 Å². The van der Waals surface area contributed by atoms with Crippen LogP contribution in [0.1, 0.15) is 17.3 Å². The SMILES string of the molecule is C=c1ccc(C(=O)Nc2nc3ccc4scnc4c3s2)cc1=CC=C(C)OCCN1CCOCC1. The molecule has 2 aromatic heterocycles. The predicted molar refractivity (Wildman–Crippen MR) is 143 cm³/mol. The van der Waals surface area contributed by atoms with Crippen molar-refractivity contribution < 1.29 is 14.3 Å². The Hall–Kier alpha value is -3.11. The molecule has 35 heavy (non-hydrogen) atoms. The van der Waals surface area contributed by atoms with Gasteiger partial charge < -0.3 is 9.47 Å². The van der Waals surface area contributed by atoms with E-state index in [1.807, 2.05) is 48.9 Å². The van der Waals surface area contributed by atoms with Gasteiger partial charge in [0.1, 0.15) is 12.1 Å². The number of aromatic nitrogens is 2. The summed E-state index contributed by atoms with van der Waals surface area (Å²) in [7, 11) is 0. The van der Waals surface area contributed by atoms with E-state index in [2.05, 4.69) is 26.8 Å². The fourth-order valence-electron chi connectivity index (χ4n) is 3.84. The maximum absolute atomic E-state index is 13.0. The molecule has 0 radical (unpaired) electrons. The van der Waals surface area contributed by atoms with Gasteiger partial charge in [0.15, 0.2) is 5.13 Å². The molecule has 1 amide bonds. The number of anilines is 1. The van der Waals surface area contributed by atoms with Gasteiger partial charge in [0.2, 0.25) is 0 Å². The van der Waals surface area contributed by atoms with Crippen LogP contribution in [0.25, 0.3) is 33.1 Å². The number of nitrogens with one attached hydrogen (secondary N) is 1. The number of rotatable bonds is 7. The zero-order valence-corrected chi connectivity index (χ0v) is 21.1. The van der Waals surface area contributed by atoms with Gasteiger partial charge >= 0.3 is 0 Å². The number of fused-ring (bicyclic) bond motifs is 3. The van der Waals surface area contributed by atoms with E-state index in [1.165, 1.54) is 11.3 Å². The van der Waals surface area contributed by atoms with E-state index >= 15 is 0 Å². The second-order valence-electron chi connectivity index (χ2n) is 8.25.